The van der Waals surface area contributed by atoms with E-state index in [1.54, 1.807) is 0 Å². The van der Waals surface area contributed by atoms with Crippen molar-refractivity contribution in [3.8, 4) is 45.3 Å². The quantitative estimate of drug-likeness (QED) is 0.182. The number of hydrogen-bond acceptors (Lipinski definition) is 4. The van der Waals surface area contributed by atoms with Crippen molar-refractivity contribution in [2.24, 2.45) is 0 Å². The Morgan fingerprint density at radius 3 is 1.98 bits per heavy atom. The summed E-state index contributed by atoms with van der Waals surface area (Å²) in [6.07, 6.45) is 9.23. The van der Waals surface area contributed by atoms with E-state index in [1.165, 1.54) is 64.7 Å². The third-order valence-electron chi connectivity index (χ3n) is 12.1. The molecule has 0 amide bonds. The van der Waals surface area contributed by atoms with Crippen LogP contribution in [0.25, 0.3) is 65.5 Å². The molecule has 12 rings (SSSR count). The number of allylic oxidation sites excluding steroid dienone is 4. The zero-order chi connectivity index (χ0) is 36.8. The summed E-state index contributed by atoms with van der Waals surface area (Å²) < 4.78 is 2.62. The third kappa shape index (κ3) is 4.44. The van der Waals surface area contributed by atoms with Crippen LogP contribution < -0.4 is 0 Å². The molecule has 0 saturated heterocycles. The van der Waals surface area contributed by atoms with E-state index >= 15 is 0 Å². The Kier molecular flexibility index (Phi) is 6.75. The molecule has 3 nitrogen and oxygen atoms in total. The molecule has 1 spiro atoms. The van der Waals surface area contributed by atoms with Crippen molar-refractivity contribution < 1.29 is 0 Å². The van der Waals surface area contributed by atoms with Crippen LogP contribution in [0.15, 0.2) is 176 Å². The second-order valence-electron chi connectivity index (χ2n) is 14.9. The highest BCUT2D eigenvalue weighted by molar-refractivity contribution is 7.25. The Bertz CT molecular complexity index is 3050. The van der Waals surface area contributed by atoms with Gasteiger partial charge in [0.1, 0.15) is 0 Å². The number of aromatic nitrogens is 3. The predicted molar refractivity (Wildman–Crippen MR) is 228 cm³/mol. The molecule has 3 atom stereocenters. The van der Waals surface area contributed by atoms with E-state index in [2.05, 4.69) is 152 Å². The maximum Gasteiger partial charge on any atom is 0.164 e. The van der Waals surface area contributed by atoms with Crippen LogP contribution in [-0.4, -0.2) is 15.0 Å². The largest absolute Gasteiger partial charge is 0.208 e. The van der Waals surface area contributed by atoms with Gasteiger partial charge in [-0.05, 0) is 87.0 Å². The third-order valence-corrected chi connectivity index (χ3v) is 13.2. The first-order chi connectivity index (χ1) is 27.8. The van der Waals surface area contributed by atoms with Crippen molar-refractivity contribution in [2.45, 2.75) is 17.3 Å². The van der Waals surface area contributed by atoms with E-state index in [0.717, 1.165) is 16.7 Å². The van der Waals surface area contributed by atoms with Crippen molar-refractivity contribution in [1.29, 1.82) is 0 Å². The average molecular weight is 730 g/mol. The molecular formula is C52H31N3S. The summed E-state index contributed by atoms with van der Waals surface area (Å²) in [7, 11) is 0. The SMILES string of the molecule is c1ccc(-c2nc(-c3ccccc3)nc(-c3ccc4c(c3)C3(c5ccccc5-c5cc6c(cc53)sc3ccccc36)c3ccccc3C3C=CC=CC43)n2)cc#1. The standard InChI is InChI=1S/C52H31N3S/c1-3-15-32(16-4-1)49-53-50(33-17-5-2-6-18-33)55-51(54-49)34-27-28-39-36-20-8-7-19-35(36)37-21-9-12-24-43(37)52(45(39)29-34)44-25-13-10-22-38(44)41-30-42-40-23-11-14-26-47(40)56-48(42)31-46(41)52/h1,3-5,7-31,35-36H. The van der Waals surface area contributed by atoms with E-state index in [4.69, 9.17) is 15.0 Å². The summed E-state index contributed by atoms with van der Waals surface area (Å²) in [5, 5.41) is 2.63. The van der Waals surface area contributed by atoms with Gasteiger partial charge in [0.15, 0.2) is 17.5 Å². The van der Waals surface area contributed by atoms with Crippen LogP contribution in [-0.2, 0) is 5.41 Å². The topological polar surface area (TPSA) is 38.7 Å². The van der Waals surface area contributed by atoms with Crippen LogP contribution in [0.1, 0.15) is 45.2 Å². The summed E-state index contributed by atoms with van der Waals surface area (Å²) in [4.78, 5) is 15.4. The number of thiophene rings is 1. The van der Waals surface area contributed by atoms with Crippen LogP contribution >= 0.6 is 11.3 Å². The fourth-order valence-electron chi connectivity index (χ4n) is 9.70. The van der Waals surface area contributed by atoms with Crippen molar-refractivity contribution in [1.82, 2.24) is 15.0 Å². The highest BCUT2D eigenvalue weighted by Gasteiger charge is 2.51. The molecule has 0 bridgehead atoms. The van der Waals surface area contributed by atoms with Crippen LogP contribution in [0.5, 0.6) is 0 Å². The van der Waals surface area contributed by atoms with Crippen LogP contribution in [0.4, 0.5) is 0 Å². The highest BCUT2D eigenvalue weighted by atomic mass is 32.1. The molecule has 0 radical (unpaired) electrons. The lowest BCUT2D eigenvalue weighted by molar-refractivity contribution is 0.732. The molecule has 0 fully saturated rings. The molecule has 3 aliphatic carbocycles. The number of hydrogen-bond donors (Lipinski definition) is 0. The van der Waals surface area contributed by atoms with Crippen molar-refractivity contribution in [3.05, 3.63) is 221 Å². The average Bonchev–Trinajstić information content (AvgIpc) is 3.75. The van der Waals surface area contributed by atoms with Crippen molar-refractivity contribution >= 4 is 31.5 Å². The summed E-state index contributed by atoms with van der Waals surface area (Å²) in [5.41, 5.74) is 12.7. The fraction of sp³-hybridized carbons (Fsp3) is 0.0577. The van der Waals surface area contributed by atoms with E-state index in [0.29, 0.717) is 17.5 Å². The van der Waals surface area contributed by atoms with Gasteiger partial charge >= 0.3 is 0 Å². The maximum atomic E-state index is 5.20. The Hall–Kier alpha value is -6.93. The Balaban J connectivity index is 1.20. The summed E-state index contributed by atoms with van der Waals surface area (Å²) in [6.45, 7) is 0. The van der Waals surface area contributed by atoms with E-state index in [1.807, 2.05) is 47.7 Å². The van der Waals surface area contributed by atoms with Gasteiger partial charge in [-0.15, -0.1) is 11.3 Å². The summed E-state index contributed by atoms with van der Waals surface area (Å²) in [6, 6.07) is 61.1. The predicted octanol–water partition coefficient (Wildman–Crippen LogP) is 12.5. The first-order valence-corrected chi connectivity index (χ1v) is 19.9. The number of fused-ring (bicyclic) bond motifs is 15. The summed E-state index contributed by atoms with van der Waals surface area (Å²) in [5.74, 6) is 2.22. The molecule has 9 aromatic rings. The lowest BCUT2D eigenvalue weighted by Gasteiger charge is -2.36. The first-order valence-electron chi connectivity index (χ1n) is 19.1. The Labute approximate surface area is 329 Å². The second kappa shape index (κ2) is 12.0. The first kappa shape index (κ1) is 31.4. The van der Waals surface area contributed by atoms with Gasteiger partial charge in [0.25, 0.3) is 0 Å². The van der Waals surface area contributed by atoms with Crippen LogP contribution in [0.3, 0.4) is 0 Å². The molecule has 260 valence electrons. The molecule has 4 heteroatoms. The molecule has 3 aliphatic rings. The van der Waals surface area contributed by atoms with E-state index in [-0.39, 0.29) is 11.8 Å². The Morgan fingerprint density at radius 1 is 0.464 bits per heavy atom. The van der Waals surface area contributed by atoms with Gasteiger partial charge < -0.3 is 0 Å². The summed E-state index contributed by atoms with van der Waals surface area (Å²) >= 11 is 1.89. The number of rotatable bonds is 3. The molecule has 0 aliphatic heterocycles. The molecule has 0 saturated carbocycles. The Morgan fingerprint density at radius 2 is 1.16 bits per heavy atom. The zero-order valence-electron chi connectivity index (χ0n) is 30.1. The zero-order valence-corrected chi connectivity index (χ0v) is 31.0. The lowest BCUT2D eigenvalue weighted by atomic mass is 9.65. The van der Waals surface area contributed by atoms with Gasteiger partial charge in [0.05, 0.1) is 5.41 Å². The minimum atomic E-state index is -0.598. The fourth-order valence-corrected chi connectivity index (χ4v) is 10.8. The lowest BCUT2D eigenvalue weighted by Crippen LogP contribution is -2.30. The highest BCUT2D eigenvalue weighted by Crippen LogP contribution is 2.62. The van der Waals surface area contributed by atoms with Crippen LogP contribution in [0, 0.1) is 12.1 Å². The van der Waals surface area contributed by atoms with Gasteiger partial charge in [-0.2, -0.15) is 0 Å². The van der Waals surface area contributed by atoms with E-state index < -0.39 is 5.41 Å². The second-order valence-corrected chi connectivity index (χ2v) is 16.0. The molecule has 2 heterocycles. The smallest absolute Gasteiger partial charge is 0.164 e. The van der Waals surface area contributed by atoms with Gasteiger partial charge in [-0.1, -0.05) is 146 Å². The maximum absolute atomic E-state index is 5.20. The van der Waals surface area contributed by atoms with Gasteiger partial charge in [0.2, 0.25) is 0 Å². The van der Waals surface area contributed by atoms with Crippen LogP contribution in [0.2, 0.25) is 0 Å². The van der Waals surface area contributed by atoms with Gasteiger partial charge in [-0.25, -0.2) is 15.0 Å². The minimum absolute atomic E-state index is 0.152. The number of nitrogens with zero attached hydrogens (tertiary/aromatic N) is 3. The van der Waals surface area contributed by atoms with Crippen molar-refractivity contribution in [3.63, 3.8) is 0 Å². The normalized spacial score (nSPS) is 18.5. The molecule has 7 aromatic carbocycles. The molecule has 3 unspecified atom stereocenters. The minimum Gasteiger partial charge on any atom is -0.208 e. The monoisotopic (exact) mass is 729 g/mol. The van der Waals surface area contributed by atoms with Gasteiger partial charge in [-0.3, -0.25) is 0 Å². The van der Waals surface area contributed by atoms with Gasteiger partial charge in [0, 0.05) is 48.7 Å². The molecule has 0 N–H and O–H groups in total. The molecule has 56 heavy (non-hydrogen) atoms. The van der Waals surface area contributed by atoms with E-state index in [9.17, 15) is 0 Å². The van der Waals surface area contributed by atoms with Crippen molar-refractivity contribution in [2.75, 3.05) is 0 Å². The molecule has 2 aromatic heterocycles. The molecular weight excluding hydrogens is 699 g/mol. The number of benzene rings is 6.